The molecule has 98 valence electrons. The van der Waals surface area contributed by atoms with Crippen LogP contribution in [0.25, 0.3) is 0 Å². The van der Waals surface area contributed by atoms with Gasteiger partial charge >= 0.3 is 6.29 Å². The van der Waals surface area contributed by atoms with Crippen molar-refractivity contribution >= 4 is 5.69 Å². The van der Waals surface area contributed by atoms with Crippen LogP contribution in [-0.2, 0) is 0 Å². The van der Waals surface area contributed by atoms with Gasteiger partial charge in [0.15, 0.2) is 11.5 Å². The standard InChI is InChI=1S/C13H15F2NO2/c1-2-10(8-3-4-8)16-9-5-6-11-12(7-9)18-13(14,15)17-11/h5-8,10,16H,2-4H2,1H3. The second-order valence-electron chi connectivity index (χ2n) is 4.83. The molecule has 0 saturated heterocycles. The van der Waals surface area contributed by atoms with Crippen molar-refractivity contribution in [2.45, 2.75) is 38.5 Å². The fourth-order valence-corrected chi connectivity index (χ4v) is 2.30. The van der Waals surface area contributed by atoms with E-state index in [0.717, 1.165) is 12.1 Å². The molecule has 1 unspecified atom stereocenters. The molecule has 0 amide bonds. The summed E-state index contributed by atoms with van der Waals surface area (Å²) in [7, 11) is 0. The van der Waals surface area contributed by atoms with Crippen molar-refractivity contribution in [1.29, 1.82) is 0 Å². The molecule has 1 N–H and O–H groups in total. The Morgan fingerprint density at radius 2 is 2.06 bits per heavy atom. The maximum atomic E-state index is 12.9. The van der Waals surface area contributed by atoms with Crippen molar-refractivity contribution in [3.63, 3.8) is 0 Å². The predicted octanol–water partition coefficient (Wildman–Crippen LogP) is 3.61. The number of benzene rings is 1. The van der Waals surface area contributed by atoms with E-state index < -0.39 is 6.29 Å². The summed E-state index contributed by atoms with van der Waals surface area (Å²) in [6.07, 6.45) is -0.0286. The number of fused-ring (bicyclic) bond motifs is 1. The lowest BCUT2D eigenvalue weighted by Gasteiger charge is -2.17. The van der Waals surface area contributed by atoms with Gasteiger partial charge in [0.05, 0.1) is 0 Å². The van der Waals surface area contributed by atoms with E-state index in [2.05, 4.69) is 21.7 Å². The van der Waals surface area contributed by atoms with Crippen LogP contribution >= 0.6 is 0 Å². The van der Waals surface area contributed by atoms with Gasteiger partial charge < -0.3 is 14.8 Å². The molecule has 1 aromatic rings. The molecule has 0 radical (unpaired) electrons. The molecule has 18 heavy (non-hydrogen) atoms. The third-order valence-corrected chi connectivity index (χ3v) is 3.38. The van der Waals surface area contributed by atoms with Gasteiger partial charge in [0, 0.05) is 17.8 Å². The van der Waals surface area contributed by atoms with Gasteiger partial charge in [0.25, 0.3) is 0 Å². The van der Waals surface area contributed by atoms with Crippen LogP contribution in [0, 0.1) is 5.92 Å². The Balaban J connectivity index is 1.75. The Kier molecular flexibility index (Phi) is 2.57. The largest absolute Gasteiger partial charge is 0.586 e. The number of alkyl halides is 2. The van der Waals surface area contributed by atoms with Crippen LogP contribution in [0.4, 0.5) is 14.5 Å². The number of nitrogens with one attached hydrogen (secondary N) is 1. The molecule has 0 spiro atoms. The second-order valence-corrected chi connectivity index (χ2v) is 4.83. The molecule has 1 aromatic carbocycles. The van der Waals surface area contributed by atoms with Gasteiger partial charge in [-0.25, -0.2) is 0 Å². The Labute approximate surface area is 104 Å². The van der Waals surface area contributed by atoms with Crippen LogP contribution in [0.5, 0.6) is 11.5 Å². The number of ether oxygens (including phenoxy) is 2. The molecule has 0 bridgehead atoms. The van der Waals surface area contributed by atoms with Crippen LogP contribution in [0.3, 0.4) is 0 Å². The fourth-order valence-electron chi connectivity index (χ4n) is 2.30. The molecule has 1 aliphatic carbocycles. The lowest BCUT2D eigenvalue weighted by atomic mass is 10.1. The van der Waals surface area contributed by atoms with E-state index in [9.17, 15) is 8.78 Å². The van der Waals surface area contributed by atoms with Gasteiger partial charge in [-0.05, 0) is 37.3 Å². The van der Waals surface area contributed by atoms with Crippen LogP contribution in [-0.4, -0.2) is 12.3 Å². The highest BCUT2D eigenvalue weighted by Crippen LogP contribution is 2.43. The molecule has 1 aliphatic heterocycles. The van der Waals surface area contributed by atoms with Crippen molar-refractivity contribution in [2.75, 3.05) is 5.32 Å². The van der Waals surface area contributed by atoms with Crippen LogP contribution in [0.2, 0.25) is 0 Å². The molecule has 1 fully saturated rings. The van der Waals surface area contributed by atoms with Crippen molar-refractivity contribution in [3.05, 3.63) is 18.2 Å². The molecule has 3 nitrogen and oxygen atoms in total. The maximum absolute atomic E-state index is 12.9. The molecule has 2 aliphatic rings. The normalized spacial score (nSPS) is 21.7. The van der Waals surface area contributed by atoms with Gasteiger partial charge in [0.2, 0.25) is 0 Å². The number of hydrogen-bond acceptors (Lipinski definition) is 3. The first kappa shape index (κ1) is 11.6. The smallest absolute Gasteiger partial charge is 0.395 e. The molecule has 3 rings (SSSR count). The molecular weight excluding hydrogens is 240 g/mol. The van der Waals surface area contributed by atoms with E-state index in [1.54, 1.807) is 12.1 Å². The summed E-state index contributed by atoms with van der Waals surface area (Å²) in [5.74, 6) is 0.891. The first-order chi connectivity index (χ1) is 8.57. The summed E-state index contributed by atoms with van der Waals surface area (Å²) >= 11 is 0. The summed E-state index contributed by atoms with van der Waals surface area (Å²) in [6, 6.07) is 5.24. The van der Waals surface area contributed by atoms with E-state index in [-0.39, 0.29) is 11.5 Å². The Bertz CT molecular complexity index is 460. The maximum Gasteiger partial charge on any atom is 0.586 e. The second kappa shape index (κ2) is 4.00. The monoisotopic (exact) mass is 255 g/mol. The summed E-state index contributed by atoms with van der Waals surface area (Å²) in [6.45, 7) is 2.12. The van der Waals surface area contributed by atoms with Gasteiger partial charge in [-0.2, -0.15) is 0 Å². The molecule has 1 saturated carbocycles. The van der Waals surface area contributed by atoms with E-state index in [1.807, 2.05) is 0 Å². The fraction of sp³-hybridized carbons (Fsp3) is 0.538. The van der Waals surface area contributed by atoms with Gasteiger partial charge in [-0.1, -0.05) is 6.92 Å². The first-order valence-corrected chi connectivity index (χ1v) is 6.24. The van der Waals surface area contributed by atoms with E-state index in [4.69, 9.17) is 0 Å². The number of halogens is 2. The Morgan fingerprint density at radius 3 is 2.72 bits per heavy atom. The highest BCUT2D eigenvalue weighted by atomic mass is 19.3. The zero-order valence-corrected chi connectivity index (χ0v) is 10.1. The van der Waals surface area contributed by atoms with Crippen molar-refractivity contribution < 1.29 is 18.3 Å². The van der Waals surface area contributed by atoms with Crippen molar-refractivity contribution in [2.24, 2.45) is 5.92 Å². The van der Waals surface area contributed by atoms with Crippen LogP contribution < -0.4 is 14.8 Å². The van der Waals surface area contributed by atoms with E-state index in [1.165, 1.54) is 18.9 Å². The summed E-state index contributed by atoms with van der Waals surface area (Å²) < 4.78 is 34.5. The molecule has 0 aromatic heterocycles. The summed E-state index contributed by atoms with van der Waals surface area (Å²) in [4.78, 5) is 0. The lowest BCUT2D eigenvalue weighted by molar-refractivity contribution is -0.286. The Morgan fingerprint density at radius 1 is 1.33 bits per heavy atom. The quantitative estimate of drug-likeness (QED) is 0.891. The number of rotatable bonds is 4. The highest BCUT2D eigenvalue weighted by molar-refractivity contribution is 5.56. The van der Waals surface area contributed by atoms with E-state index in [0.29, 0.717) is 12.0 Å². The van der Waals surface area contributed by atoms with Crippen molar-refractivity contribution in [1.82, 2.24) is 0 Å². The average Bonchev–Trinajstić information content (AvgIpc) is 3.08. The minimum atomic E-state index is -3.54. The van der Waals surface area contributed by atoms with Gasteiger partial charge in [-0.3, -0.25) is 0 Å². The lowest BCUT2D eigenvalue weighted by Crippen LogP contribution is -2.25. The summed E-state index contributed by atoms with van der Waals surface area (Å²) in [5.41, 5.74) is 0.800. The minimum Gasteiger partial charge on any atom is -0.395 e. The summed E-state index contributed by atoms with van der Waals surface area (Å²) in [5, 5.41) is 3.37. The Hall–Kier alpha value is -1.52. The predicted molar refractivity (Wildman–Crippen MR) is 63.1 cm³/mol. The number of hydrogen-bond donors (Lipinski definition) is 1. The first-order valence-electron chi connectivity index (χ1n) is 6.24. The van der Waals surface area contributed by atoms with E-state index >= 15 is 0 Å². The van der Waals surface area contributed by atoms with Crippen LogP contribution in [0.15, 0.2) is 18.2 Å². The molecule has 5 heteroatoms. The van der Waals surface area contributed by atoms with Gasteiger partial charge in [-0.15, -0.1) is 8.78 Å². The molecular formula is C13H15F2NO2. The molecule has 1 heterocycles. The van der Waals surface area contributed by atoms with Gasteiger partial charge in [0.1, 0.15) is 0 Å². The minimum absolute atomic E-state index is 0.0880. The van der Waals surface area contributed by atoms with Crippen LogP contribution in [0.1, 0.15) is 26.2 Å². The molecule has 1 atom stereocenters. The van der Waals surface area contributed by atoms with Crippen molar-refractivity contribution in [3.8, 4) is 11.5 Å². The zero-order chi connectivity index (χ0) is 12.8. The SMILES string of the molecule is CCC(Nc1ccc2c(c1)OC(F)(F)O2)C1CC1. The third kappa shape index (κ3) is 2.21. The third-order valence-electron chi connectivity index (χ3n) is 3.38. The number of anilines is 1. The highest BCUT2D eigenvalue weighted by Gasteiger charge is 2.43. The average molecular weight is 255 g/mol. The topological polar surface area (TPSA) is 30.5 Å². The zero-order valence-electron chi connectivity index (χ0n) is 10.1.